The van der Waals surface area contributed by atoms with Gasteiger partial charge in [-0.2, -0.15) is 13.2 Å². The fourth-order valence-electron chi connectivity index (χ4n) is 2.65. The van der Waals surface area contributed by atoms with Crippen molar-refractivity contribution in [1.82, 2.24) is 20.2 Å². The molecule has 0 saturated heterocycles. The van der Waals surface area contributed by atoms with Crippen LogP contribution in [0, 0.1) is 5.82 Å². The lowest BCUT2D eigenvalue weighted by Crippen LogP contribution is -2.37. The molecule has 5 nitrogen and oxygen atoms in total. The van der Waals surface area contributed by atoms with Crippen molar-refractivity contribution >= 4 is 17.1 Å². The zero-order valence-electron chi connectivity index (χ0n) is 14.1. The lowest BCUT2D eigenvalue weighted by Gasteiger charge is -2.12. The van der Waals surface area contributed by atoms with Crippen molar-refractivity contribution in [2.75, 3.05) is 6.54 Å². The van der Waals surface area contributed by atoms with Crippen molar-refractivity contribution < 1.29 is 22.4 Å². The maximum Gasteiger partial charge on any atom is 0.449 e. The summed E-state index contributed by atoms with van der Waals surface area (Å²) in [6.07, 6.45) is -4.59. The van der Waals surface area contributed by atoms with E-state index in [1.165, 1.54) is 30.3 Å². The van der Waals surface area contributed by atoms with Gasteiger partial charge in [0, 0.05) is 19.6 Å². The Hall–Kier alpha value is -3.10. The summed E-state index contributed by atoms with van der Waals surface area (Å²) in [5, 5.41) is 5.07. The summed E-state index contributed by atoms with van der Waals surface area (Å²) in [5.74, 6) is -1.38. The molecule has 0 aliphatic rings. The third kappa shape index (κ3) is 4.55. The molecule has 0 unspecified atom stereocenters. The predicted octanol–water partition coefficient (Wildman–Crippen LogP) is 3.69. The van der Waals surface area contributed by atoms with Crippen LogP contribution in [-0.2, 0) is 19.3 Å². The van der Waals surface area contributed by atoms with Gasteiger partial charge in [0.2, 0.25) is 5.82 Å². The van der Waals surface area contributed by atoms with Crippen molar-refractivity contribution in [1.29, 1.82) is 0 Å². The number of nitrogens with zero attached hydrogens (tertiary/aromatic N) is 2. The zero-order chi connectivity index (χ0) is 19.4. The summed E-state index contributed by atoms with van der Waals surface area (Å²) in [6.45, 7) is 0.0753. The lowest BCUT2D eigenvalue weighted by atomic mass is 10.2. The number of fused-ring (bicyclic) bond motifs is 1. The van der Waals surface area contributed by atoms with Gasteiger partial charge < -0.3 is 15.2 Å². The predicted molar refractivity (Wildman–Crippen MR) is 91.4 cm³/mol. The van der Waals surface area contributed by atoms with Crippen LogP contribution in [0.5, 0.6) is 0 Å². The molecule has 0 bridgehead atoms. The minimum atomic E-state index is -4.59. The fraction of sp³-hybridized carbons (Fsp3) is 0.222. The summed E-state index contributed by atoms with van der Waals surface area (Å²) >= 11 is 0. The summed E-state index contributed by atoms with van der Waals surface area (Å²) in [4.78, 5) is 15.5. The molecule has 3 aromatic rings. The number of halogens is 4. The highest BCUT2D eigenvalue weighted by molar-refractivity contribution is 5.76. The summed E-state index contributed by atoms with van der Waals surface area (Å²) in [5.41, 5.74) is 1.29. The van der Waals surface area contributed by atoms with E-state index in [1.54, 1.807) is 18.2 Å². The molecule has 0 spiro atoms. The molecule has 0 aliphatic heterocycles. The number of aromatic nitrogens is 2. The molecule has 0 fully saturated rings. The largest absolute Gasteiger partial charge is 0.449 e. The second-order valence-electron chi connectivity index (χ2n) is 5.81. The number of hydrogen-bond acceptors (Lipinski definition) is 2. The smallest absolute Gasteiger partial charge is 0.336 e. The monoisotopic (exact) mass is 380 g/mol. The maximum atomic E-state index is 13.2. The van der Waals surface area contributed by atoms with Crippen molar-refractivity contribution in [2.45, 2.75) is 19.3 Å². The van der Waals surface area contributed by atoms with Crippen LogP contribution < -0.4 is 10.6 Å². The highest BCUT2D eigenvalue weighted by Crippen LogP contribution is 2.31. The minimum Gasteiger partial charge on any atom is -0.336 e. The number of urea groups is 1. The van der Waals surface area contributed by atoms with Crippen molar-refractivity contribution in [3.8, 4) is 0 Å². The molecule has 3 rings (SSSR count). The van der Waals surface area contributed by atoms with Crippen LogP contribution in [0.1, 0.15) is 11.4 Å². The lowest BCUT2D eigenvalue weighted by molar-refractivity contribution is -0.146. The van der Waals surface area contributed by atoms with Crippen LogP contribution in [0.15, 0.2) is 48.5 Å². The highest BCUT2D eigenvalue weighted by atomic mass is 19.4. The van der Waals surface area contributed by atoms with Gasteiger partial charge in [0.05, 0.1) is 11.0 Å². The molecule has 2 aromatic carbocycles. The average Bonchev–Trinajstić information content (AvgIpc) is 3.01. The van der Waals surface area contributed by atoms with Gasteiger partial charge in [0.25, 0.3) is 0 Å². The van der Waals surface area contributed by atoms with E-state index >= 15 is 0 Å². The van der Waals surface area contributed by atoms with E-state index in [0.717, 1.165) is 4.57 Å². The first-order valence-electron chi connectivity index (χ1n) is 8.13. The molecule has 0 radical (unpaired) electrons. The van der Waals surface area contributed by atoms with Gasteiger partial charge in [-0.05, 0) is 29.8 Å². The SMILES string of the molecule is O=C(NCCn1c(C(F)(F)F)nc2ccccc21)NCc1ccc(F)cc1. The molecule has 142 valence electrons. The third-order valence-corrected chi connectivity index (χ3v) is 3.90. The number of rotatable bonds is 5. The number of hydrogen-bond donors (Lipinski definition) is 2. The molecule has 27 heavy (non-hydrogen) atoms. The number of carbonyl (C=O) groups excluding carboxylic acids is 1. The molecular weight excluding hydrogens is 364 g/mol. The second-order valence-corrected chi connectivity index (χ2v) is 5.81. The number of nitrogens with one attached hydrogen (secondary N) is 2. The van der Waals surface area contributed by atoms with Crippen LogP contribution in [-0.4, -0.2) is 22.1 Å². The van der Waals surface area contributed by atoms with Crippen LogP contribution in [0.4, 0.5) is 22.4 Å². The molecule has 0 saturated carbocycles. The van der Waals surface area contributed by atoms with Crippen LogP contribution in [0.2, 0.25) is 0 Å². The quantitative estimate of drug-likeness (QED) is 0.664. The number of carbonyl (C=O) groups is 1. The number of alkyl halides is 3. The first kappa shape index (κ1) is 18.7. The van der Waals surface area contributed by atoms with Gasteiger partial charge in [0.1, 0.15) is 5.82 Å². The molecule has 1 aromatic heterocycles. The van der Waals surface area contributed by atoms with E-state index in [9.17, 15) is 22.4 Å². The standard InChI is InChI=1S/C18H16F4N4O/c19-13-7-5-12(6-8-13)11-24-17(27)23-9-10-26-15-4-2-1-3-14(15)25-16(26)18(20,21)22/h1-8H,9-11H2,(H2,23,24,27). The zero-order valence-corrected chi connectivity index (χ0v) is 14.1. The van der Waals surface area contributed by atoms with Crippen molar-refractivity contribution in [2.24, 2.45) is 0 Å². The van der Waals surface area contributed by atoms with Gasteiger partial charge in [-0.15, -0.1) is 0 Å². The molecule has 1 heterocycles. The number of benzene rings is 2. The van der Waals surface area contributed by atoms with Crippen molar-refractivity contribution in [3.05, 3.63) is 65.7 Å². The topological polar surface area (TPSA) is 59.0 Å². The minimum absolute atomic E-state index is 0.0152. The summed E-state index contributed by atoms with van der Waals surface area (Å²) in [7, 11) is 0. The Morgan fingerprint density at radius 2 is 1.74 bits per heavy atom. The van der Waals surface area contributed by atoms with Crippen molar-refractivity contribution in [3.63, 3.8) is 0 Å². The number of amides is 2. The average molecular weight is 380 g/mol. The number of imidazole rings is 1. The Balaban J connectivity index is 1.60. The van der Waals surface area contributed by atoms with Crippen LogP contribution >= 0.6 is 0 Å². The molecule has 0 atom stereocenters. The molecule has 2 N–H and O–H groups in total. The van der Waals surface area contributed by atoms with E-state index in [1.807, 2.05) is 0 Å². The van der Waals surface area contributed by atoms with E-state index in [4.69, 9.17) is 0 Å². The Morgan fingerprint density at radius 1 is 1.04 bits per heavy atom. The second kappa shape index (κ2) is 7.65. The Labute approximate surface area is 152 Å². The third-order valence-electron chi connectivity index (χ3n) is 3.90. The Kier molecular flexibility index (Phi) is 5.29. The Morgan fingerprint density at radius 3 is 2.44 bits per heavy atom. The van der Waals surface area contributed by atoms with E-state index in [2.05, 4.69) is 15.6 Å². The highest BCUT2D eigenvalue weighted by Gasteiger charge is 2.37. The summed E-state index contributed by atoms with van der Waals surface area (Å²) in [6, 6.07) is 11.4. The van der Waals surface area contributed by atoms with E-state index in [-0.39, 0.29) is 31.0 Å². The normalized spacial score (nSPS) is 11.6. The maximum absolute atomic E-state index is 13.2. The first-order chi connectivity index (χ1) is 12.8. The Bertz CT molecular complexity index is 935. The van der Waals surface area contributed by atoms with Gasteiger partial charge in [-0.3, -0.25) is 0 Å². The van der Waals surface area contributed by atoms with Gasteiger partial charge in [-0.25, -0.2) is 14.2 Å². The fourth-order valence-corrected chi connectivity index (χ4v) is 2.65. The van der Waals surface area contributed by atoms with Gasteiger partial charge in [0.15, 0.2) is 0 Å². The van der Waals surface area contributed by atoms with Crippen LogP contribution in [0.3, 0.4) is 0 Å². The molecule has 9 heteroatoms. The molecule has 2 amide bonds. The van der Waals surface area contributed by atoms with Gasteiger partial charge in [-0.1, -0.05) is 24.3 Å². The van der Waals surface area contributed by atoms with Gasteiger partial charge >= 0.3 is 12.2 Å². The van der Waals surface area contributed by atoms with E-state index in [0.29, 0.717) is 11.1 Å². The first-order valence-corrected chi connectivity index (χ1v) is 8.13. The molecular formula is C18H16F4N4O. The molecule has 0 aliphatic carbocycles. The van der Waals surface area contributed by atoms with E-state index < -0.39 is 18.0 Å². The van der Waals surface area contributed by atoms with Crippen LogP contribution in [0.25, 0.3) is 11.0 Å². The number of para-hydroxylation sites is 2. The summed E-state index contributed by atoms with van der Waals surface area (Å²) < 4.78 is 53.5.